The number of nitrogens with zero attached hydrogens (tertiary/aromatic N) is 2. The van der Waals surface area contributed by atoms with Gasteiger partial charge in [-0.3, -0.25) is 0 Å². The molecule has 9 aromatic carbocycles. The van der Waals surface area contributed by atoms with Gasteiger partial charge in [-0.25, -0.2) is 0 Å². The average molecular weight is 797 g/mol. The minimum atomic E-state index is 0.983. The van der Waals surface area contributed by atoms with Crippen LogP contribution in [0.1, 0.15) is 37.8 Å². The summed E-state index contributed by atoms with van der Waals surface area (Å²) in [7, 11) is 0. The molecule has 1 heterocycles. The maximum absolute atomic E-state index is 2.44. The van der Waals surface area contributed by atoms with Crippen molar-refractivity contribution in [2.24, 2.45) is 0 Å². The van der Waals surface area contributed by atoms with Crippen LogP contribution in [-0.4, -0.2) is 4.57 Å². The summed E-state index contributed by atoms with van der Waals surface area (Å²) < 4.78 is 2.44. The first-order chi connectivity index (χ1) is 30.7. The maximum atomic E-state index is 2.44. The number of rotatable bonds is 9. The van der Waals surface area contributed by atoms with Crippen molar-refractivity contribution in [1.82, 2.24) is 4.57 Å². The molecule has 10 aromatic rings. The van der Waals surface area contributed by atoms with Crippen molar-refractivity contribution in [3.8, 4) is 39.1 Å². The fourth-order valence-electron chi connectivity index (χ4n) is 9.84. The topological polar surface area (TPSA) is 8.17 Å². The number of hydrogen-bond acceptors (Lipinski definition) is 1. The van der Waals surface area contributed by atoms with Crippen LogP contribution in [0.3, 0.4) is 0 Å². The number of hydrogen-bond donors (Lipinski definition) is 0. The van der Waals surface area contributed by atoms with E-state index in [1.807, 2.05) is 0 Å². The molecule has 1 aliphatic rings. The van der Waals surface area contributed by atoms with Crippen LogP contribution in [0.4, 0.5) is 11.4 Å². The van der Waals surface area contributed by atoms with Crippen molar-refractivity contribution in [3.05, 3.63) is 223 Å². The second-order valence-corrected chi connectivity index (χ2v) is 16.6. The fourth-order valence-corrected chi connectivity index (χ4v) is 9.84. The SMILES string of the molecule is CCc1ccc2c(c1)c1cc(CC)ccc1n2-c1ccc(N(C2=CC=CCC2)c2ccc(-c3ccc4c(-c5ccccc5)c5ccccc5c(-c5ccccc5)c4c3)cc2)cc1. The van der Waals surface area contributed by atoms with Gasteiger partial charge in [-0.15, -0.1) is 0 Å². The normalized spacial score (nSPS) is 12.7. The molecule has 62 heavy (non-hydrogen) atoms. The Morgan fingerprint density at radius 2 is 0.952 bits per heavy atom. The highest BCUT2D eigenvalue weighted by Crippen LogP contribution is 2.45. The quantitative estimate of drug-likeness (QED) is 0.132. The molecule has 0 N–H and O–H groups in total. The van der Waals surface area contributed by atoms with E-state index in [1.54, 1.807) is 0 Å². The Kier molecular flexibility index (Phi) is 9.62. The Hall–Kier alpha value is -7.42. The van der Waals surface area contributed by atoms with Crippen molar-refractivity contribution < 1.29 is 0 Å². The molecule has 0 saturated carbocycles. The lowest BCUT2D eigenvalue weighted by molar-refractivity contribution is 0.917. The molecule has 2 nitrogen and oxygen atoms in total. The Balaban J connectivity index is 1.01. The van der Waals surface area contributed by atoms with E-state index < -0.39 is 0 Å². The summed E-state index contributed by atoms with van der Waals surface area (Å²) in [6.07, 6.45) is 10.8. The largest absolute Gasteiger partial charge is 0.314 e. The van der Waals surface area contributed by atoms with E-state index in [0.29, 0.717) is 0 Å². The first kappa shape index (κ1) is 37.6. The number of aryl methyl sites for hydroxylation is 2. The molecule has 298 valence electrons. The first-order valence-electron chi connectivity index (χ1n) is 22.2. The molecule has 2 heteroatoms. The summed E-state index contributed by atoms with van der Waals surface area (Å²) >= 11 is 0. The van der Waals surface area contributed by atoms with Gasteiger partial charge in [-0.2, -0.15) is 0 Å². The minimum Gasteiger partial charge on any atom is -0.314 e. The third-order valence-corrected chi connectivity index (χ3v) is 13.0. The Morgan fingerprint density at radius 1 is 0.435 bits per heavy atom. The van der Waals surface area contributed by atoms with Gasteiger partial charge in [-0.05, 0) is 165 Å². The smallest absolute Gasteiger partial charge is 0.0541 e. The lowest BCUT2D eigenvalue weighted by atomic mass is 9.85. The number of benzene rings is 9. The predicted octanol–water partition coefficient (Wildman–Crippen LogP) is 16.6. The van der Waals surface area contributed by atoms with Crippen molar-refractivity contribution in [2.45, 2.75) is 39.5 Å². The van der Waals surface area contributed by atoms with Gasteiger partial charge in [0.25, 0.3) is 0 Å². The maximum Gasteiger partial charge on any atom is 0.0541 e. The Morgan fingerprint density at radius 3 is 1.50 bits per heavy atom. The highest BCUT2D eigenvalue weighted by molar-refractivity contribution is 6.22. The lowest BCUT2D eigenvalue weighted by Crippen LogP contribution is -2.17. The summed E-state index contributed by atoms with van der Waals surface area (Å²) in [4.78, 5) is 2.44. The Bertz CT molecular complexity index is 3270. The van der Waals surface area contributed by atoms with Crippen LogP contribution in [0.15, 0.2) is 212 Å². The molecular formula is C60H48N2. The van der Waals surface area contributed by atoms with Gasteiger partial charge in [0.2, 0.25) is 0 Å². The van der Waals surface area contributed by atoms with Crippen molar-refractivity contribution in [1.29, 1.82) is 0 Å². The fraction of sp³-hybridized carbons (Fsp3) is 0.100. The van der Waals surface area contributed by atoms with Crippen LogP contribution in [-0.2, 0) is 12.8 Å². The molecule has 0 spiro atoms. The van der Waals surface area contributed by atoms with Crippen LogP contribution in [0.2, 0.25) is 0 Å². The van der Waals surface area contributed by atoms with E-state index in [4.69, 9.17) is 0 Å². The molecule has 0 amide bonds. The van der Waals surface area contributed by atoms with Gasteiger partial charge in [0.1, 0.15) is 0 Å². The second-order valence-electron chi connectivity index (χ2n) is 16.6. The number of allylic oxidation sites excluding steroid dienone is 4. The lowest BCUT2D eigenvalue weighted by Gasteiger charge is -2.29. The monoisotopic (exact) mass is 796 g/mol. The molecule has 1 aliphatic carbocycles. The number of anilines is 2. The third kappa shape index (κ3) is 6.51. The minimum absolute atomic E-state index is 0.983. The molecule has 0 unspecified atom stereocenters. The van der Waals surface area contributed by atoms with Crippen molar-refractivity contribution >= 4 is 54.7 Å². The first-order valence-corrected chi connectivity index (χ1v) is 22.2. The van der Waals surface area contributed by atoms with Crippen LogP contribution in [0.5, 0.6) is 0 Å². The molecule has 0 bridgehead atoms. The molecule has 11 rings (SSSR count). The molecule has 0 atom stereocenters. The summed E-state index contributed by atoms with van der Waals surface area (Å²) in [6.45, 7) is 4.47. The third-order valence-electron chi connectivity index (χ3n) is 13.0. The highest BCUT2D eigenvalue weighted by atomic mass is 15.1. The van der Waals surface area contributed by atoms with E-state index in [0.717, 1.165) is 37.1 Å². The summed E-state index contributed by atoms with van der Waals surface area (Å²) in [6, 6.07) is 70.0. The van der Waals surface area contributed by atoms with Gasteiger partial charge in [0.15, 0.2) is 0 Å². The zero-order valence-corrected chi connectivity index (χ0v) is 35.4. The van der Waals surface area contributed by atoms with Crippen molar-refractivity contribution in [3.63, 3.8) is 0 Å². The number of fused-ring (bicyclic) bond motifs is 5. The Labute approximate surface area is 364 Å². The molecule has 0 aliphatic heterocycles. The van der Waals surface area contributed by atoms with Gasteiger partial charge < -0.3 is 9.47 Å². The van der Waals surface area contributed by atoms with Crippen LogP contribution in [0.25, 0.3) is 82.4 Å². The summed E-state index contributed by atoms with van der Waals surface area (Å²) in [5, 5.41) is 7.71. The molecule has 0 saturated heterocycles. The van der Waals surface area contributed by atoms with Gasteiger partial charge >= 0.3 is 0 Å². The van der Waals surface area contributed by atoms with Crippen molar-refractivity contribution in [2.75, 3.05) is 4.90 Å². The van der Waals surface area contributed by atoms with E-state index in [2.05, 4.69) is 230 Å². The van der Waals surface area contributed by atoms with E-state index in [1.165, 1.54) is 99.2 Å². The summed E-state index contributed by atoms with van der Waals surface area (Å²) in [5.74, 6) is 0. The van der Waals surface area contributed by atoms with Gasteiger partial charge in [0, 0.05) is 33.5 Å². The van der Waals surface area contributed by atoms with E-state index in [9.17, 15) is 0 Å². The molecule has 0 fully saturated rings. The predicted molar refractivity (Wildman–Crippen MR) is 266 cm³/mol. The molecule has 1 aromatic heterocycles. The van der Waals surface area contributed by atoms with Gasteiger partial charge in [0.05, 0.1) is 11.0 Å². The summed E-state index contributed by atoms with van der Waals surface area (Å²) in [5.41, 5.74) is 17.4. The van der Waals surface area contributed by atoms with E-state index in [-0.39, 0.29) is 0 Å². The highest BCUT2D eigenvalue weighted by Gasteiger charge is 2.20. The van der Waals surface area contributed by atoms with Crippen LogP contribution >= 0.6 is 0 Å². The average Bonchev–Trinajstić information content (AvgIpc) is 3.67. The molecule has 0 radical (unpaired) electrons. The zero-order valence-electron chi connectivity index (χ0n) is 35.4. The van der Waals surface area contributed by atoms with E-state index >= 15 is 0 Å². The second kappa shape index (κ2) is 15.9. The number of aromatic nitrogens is 1. The van der Waals surface area contributed by atoms with Crippen LogP contribution in [0, 0.1) is 0 Å². The standard InChI is InChI=1S/C60H48N2/c1-3-41-24-36-57-54(38-41)55-39-42(4-2)25-37-58(55)62(57)50-33-31-49(32-34-50)61(47-20-12-7-13-21-47)48-29-26-43(27-30-48)46-28-35-53-56(40-46)60(45-18-10-6-11-19-45)52-23-15-14-22-51(52)59(53)44-16-8-5-9-17-44/h5-12,14-20,22-40H,3-4,13,21H2,1-2H3. The molecular weight excluding hydrogens is 749 g/mol. The van der Waals surface area contributed by atoms with Crippen LogP contribution < -0.4 is 4.90 Å². The zero-order chi connectivity index (χ0) is 41.6. The van der Waals surface area contributed by atoms with Gasteiger partial charge in [-0.1, -0.05) is 147 Å².